The number of anilines is 2. The van der Waals surface area contributed by atoms with Crippen LogP contribution < -0.4 is 16.0 Å². The van der Waals surface area contributed by atoms with Gasteiger partial charge in [-0.05, 0) is 80.7 Å². The molecule has 2 amide bonds. The molecule has 3 aromatic carbocycles. The minimum atomic E-state index is -3.80. The van der Waals surface area contributed by atoms with Crippen LogP contribution in [0.25, 0.3) is 16.6 Å². The lowest BCUT2D eigenvalue weighted by molar-refractivity contribution is 0.262. The molecule has 3 heterocycles. The Bertz CT molecular complexity index is 1950. The molecule has 9 nitrogen and oxygen atoms in total. The van der Waals surface area contributed by atoms with Crippen LogP contribution in [0.2, 0.25) is 0 Å². The van der Waals surface area contributed by atoms with Crippen molar-refractivity contribution in [1.29, 1.82) is 0 Å². The number of rotatable bonds is 7. The highest BCUT2D eigenvalue weighted by atomic mass is 32.2. The smallest absolute Gasteiger partial charge is 0.317 e. The van der Waals surface area contributed by atoms with E-state index in [0.29, 0.717) is 22.6 Å². The maximum absolute atomic E-state index is 14.4. The average molecular weight is 637 g/mol. The molecule has 1 atom stereocenters. The van der Waals surface area contributed by atoms with Crippen LogP contribution in [0, 0.1) is 12.8 Å². The molecule has 6 rings (SSSR count). The molecule has 5 aromatic rings. The second-order valence-electron chi connectivity index (χ2n) is 13.0. The molecule has 3 N–H and O–H groups in total. The molecule has 1 saturated heterocycles. The van der Waals surface area contributed by atoms with E-state index in [0.717, 1.165) is 48.3 Å². The third-order valence-electron chi connectivity index (χ3n) is 8.54. The van der Waals surface area contributed by atoms with Gasteiger partial charge < -0.3 is 10.6 Å². The van der Waals surface area contributed by atoms with E-state index in [2.05, 4.69) is 41.7 Å². The summed E-state index contributed by atoms with van der Waals surface area (Å²) in [5.41, 5.74) is 4.33. The quantitative estimate of drug-likeness (QED) is 0.174. The Labute approximate surface area is 270 Å². The Hall–Kier alpha value is -4.54. The number of para-hydroxylation sites is 1. The SMILES string of the molecule is Cc1ccc(-n2nc(C(C)(C)C)cc2NC(=O)Nc2ccc(C(C3CCNCC3)S(=O)(=O)c3cccc4cccnc34)cc2)cc1. The zero-order chi connectivity index (χ0) is 32.5. The number of pyridine rings is 1. The van der Waals surface area contributed by atoms with Crippen LogP contribution >= 0.6 is 0 Å². The number of benzene rings is 3. The molecule has 0 spiro atoms. The molecule has 46 heavy (non-hydrogen) atoms. The monoisotopic (exact) mass is 636 g/mol. The van der Waals surface area contributed by atoms with E-state index in [-0.39, 0.29) is 16.2 Å². The van der Waals surface area contributed by atoms with Crippen LogP contribution in [0.15, 0.2) is 96.0 Å². The highest BCUT2D eigenvalue weighted by molar-refractivity contribution is 7.92. The molecule has 0 aliphatic carbocycles. The number of urea groups is 1. The Morgan fingerprint density at radius 1 is 0.935 bits per heavy atom. The molecule has 2 aromatic heterocycles. The van der Waals surface area contributed by atoms with Crippen LogP contribution in [0.1, 0.15) is 55.7 Å². The third kappa shape index (κ3) is 6.54. The number of fused-ring (bicyclic) bond motifs is 1. The fraction of sp³-hybridized carbons (Fsp3) is 0.306. The molecule has 0 radical (unpaired) electrons. The lowest BCUT2D eigenvalue weighted by Crippen LogP contribution is -2.33. The van der Waals surface area contributed by atoms with Crippen molar-refractivity contribution in [3.63, 3.8) is 0 Å². The first-order chi connectivity index (χ1) is 22.0. The lowest BCUT2D eigenvalue weighted by atomic mass is 9.90. The predicted octanol–water partition coefficient (Wildman–Crippen LogP) is 7.19. The number of sulfone groups is 1. The largest absolute Gasteiger partial charge is 0.324 e. The van der Waals surface area contributed by atoms with Gasteiger partial charge in [0.05, 0.1) is 27.0 Å². The van der Waals surface area contributed by atoms with Crippen molar-refractivity contribution in [3.05, 3.63) is 108 Å². The van der Waals surface area contributed by atoms with Gasteiger partial charge in [0.1, 0.15) is 5.82 Å². The molecular formula is C36H40N6O3S. The fourth-order valence-corrected chi connectivity index (χ4v) is 8.32. The summed E-state index contributed by atoms with van der Waals surface area (Å²) in [5.74, 6) is 0.482. The Kier molecular flexibility index (Phi) is 8.67. The molecule has 1 unspecified atom stereocenters. The van der Waals surface area contributed by atoms with Gasteiger partial charge in [-0.3, -0.25) is 10.3 Å². The van der Waals surface area contributed by atoms with E-state index < -0.39 is 21.1 Å². The Morgan fingerprint density at radius 2 is 1.63 bits per heavy atom. The Balaban J connectivity index is 1.26. The van der Waals surface area contributed by atoms with Gasteiger partial charge in [-0.1, -0.05) is 68.8 Å². The number of aromatic nitrogens is 3. The Morgan fingerprint density at radius 3 is 2.33 bits per heavy atom. The van der Waals surface area contributed by atoms with E-state index in [1.807, 2.05) is 67.6 Å². The number of hydrogen-bond acceptors (Lipinski definition) is 6. The molecule has 1 aliphatic heterocycles. The van der Waals surface area contributed by atoms with Gasteiger partial charge in [-0.15, -0.1) is 0 Å². The highest BCUT2D eigenvalue weighted by Gasteiger charge is 2.38. The first kappa shape index (κ1) is 31.4. The maximum Gasteiger partial charge on any atom is 0.324 e. The number of nitrogens with one attached hydrogen (secondary N) is 3. The van der Waals surface area contributed by atoms with Crippen LogP contribution in [-0.4, -0.2) is 42.3 Å². The van der Waals surface area contributed by atoms with Crippen molar-refractivity contribution in [2.75, 3.05) is 23.7 Å². The van der Waals surface area contributed by atoms with Crippen molar-refractivity contribution >= 4 is 38.3 Å². The topological polar surface area (TPSA) is 118 Å². The summed E-state index contributed by atoms with van der Waals surface area (Å²) in [5, 5.41) is 14.0. The zero-order valence-corrected chi connectivity index (χ0v) is 27.4. The predicted molar refractivity (Wildman–Crippen MR) is 183 cm³/mol. The number of aryl methyl sites for hydroxylation is 1. The van der Waals surface area contributed by atoms with Gasteiger partial charge in [0.2, 0.25) is 0 Å². The lowest BCUT2D eigenvalue weighted by Gasteiger charge is -2.31. The van der Waals surface area contributed by atoms with Crippen molar-refractivity contribution in [3.8, 4) is 5.69 Å². The summed E-state index contributed by atoms with van der Waals surface area (Å²) >= 11 is 0. The van der Waals surface area contributed by atoms with Gasteiger partial charge in [-0.2, -0.15) is 5.10 Å². The van der Waals surface area contributed by atoms with Gasteiger partial charge in [0.15, 0.2) is 9.84 Å². The van der Waals surface area contributed by atoms with Gasteiger partial charge in [0.25, 0.3) is 0 Å². The van der Waals surface area contributed by atoms with Crippen molar-refractivity contribution in [1.82, 2.24) is 20.1 Å². The van der Waals surface area contributed by atoms with Crippen molar-refractivity contribution in [2.45, 2.75) is 56.1 Å². The average Bonchev–Trinajstić information content (AvgIpc) is 3.47. The minimum absolute atomic E-state index is 0.0635. The second-order valence-corrected chi connectivity index (χ2v) is 15.0. The van der Waals surface area contributed by atoms with Gasteiger partial charge in [-0.25, -0.2) is 17.9 Å². The van der Waals surface area contributed by atoms with Gasteiger partial charge in [0, 0.05) is 28.8 Å². The molecule has 238 valence electrons. The third-order valence-corrected chi connectivity index (χ3v) is 10.8. The van der Waals surface area contributed by atoms with Crippen LogP contribution in [-0.2, 0) is 15.3 Å². The van der Waals surface area contributed by atoms with Crippen LogP contribution in [0.4, 0.5) is 16.3 Å². The molecule has 0 saturated carbocycles. The summed E-state index contributed by atoms with van der Waals surface area (Å²) in [6, 6.07) is 25.6. The van der Waals surface area contributed by atoms with Gasteiger partial charge >= 0.3 is 6.03 Å². The molecule has 1 aliphatic rings. The standard InChI is InChI=1S/C36H40N6O3S/c1-24-10-16-29(17-11-24)42-32(23-31(41-42)36(2,3)4)40-35(43)39-28-14-12-26(13-15-28)34(27-18-21-37-22-19-27)46(44,45)30-9-5-7-25-8-6-20-38-33(25)30/h5-17,20,23,27,34,37H,18-19,21-22H2,1-4H3,(H2,39,40,43). The van der Waals surface area contributed by atoms with E-state index in [4.69, 9.17) is 5.10 Å². The number of nitrogens with zero attached hydrogens (tertiary/aromatic N) is 3. The van der Waals surface area contributed by atoms with E-state index in [1.54, 1.807) is 35.1 Å². The normalized spacial score (nSPS) is 15.0. The first-order valence-corrected chi connectivity index (χ1v) is 17.2. The summed E-state index contributed by atoms with van der Waals surface area (Å²) in [6.07, 6.45) is 3.12. The number of hydrogen-bond donors (Lipinski definition) is 3. The molecule has 1 fully saturated rings. The fourth-order valence-electron chi connectivity index (χ4n) is 6.05. The molecule has 10 heteroatoms. The highest BCUT2D eigenvalue weighted by Crippen LogP contribution is 2.41. The van der Waals surface area contributed by atoms with Crippen molar-refractivity contribution in [2.24, 2.45) is 5.92 Å². The van der Waals surface area contributed by atoms with Crippen LogP contribution in [0.3, 0.4) is 0 Å². The minimum Gasteiger partial charge on any atom is -0.317 e. The van der Waals surface area contributed by atoms with E-state index >= 15 is 0 Å². The number of amides is 2. The van der Waals surface area contributed by atoms with Crippen molar-refractivity contribution < 1.29 is 13.2 Å². The summed E-state index contributed by atoms with van der Waals surface area (Å²) in [6.45, 7) is 9.79. The zero-order valence-electron chi connectivity index (χ0n) is 26.6. The van der Waals surface area contributed by atoms with E-state index in [1.165, 1.54) is 0 Å². The summed E-state index contributed by atoms with van der Waals surface area (Å²) in [4.78, 5) is 17.9. The second kappa shape index (κ2) is 12.7. The maximum atomic E-state index is 14.4. The number of carbonyl (C=O) groups is 1. The number of carbonyl (C=O) groups excluding carboxylic acids is 1. The van der Waals surface area contributed by atoms with E-state index in [9.17, 15) is 13.2 Å². The molecule has 0 bridgehead atoms. The number of piperidine rings is 1. The summed E-state index contributed by atoms with van der Waals surface area (Å²) < 4.78 is 30.5. The molecular weight excluding hydrogens is 597 g/mol. The van der Waals surface area contributed by atoms with Crippen LogP contribution in [0.5, 0.6) is 0 Å². The first-order valence-electron chi connectivity index (χ1n) is 15.6. The summed E-state index contributed by atoms with van der Waals surface area (Å²) in [7, 11) is -3.80.